The van der Waals surface area contributed by atoms with Crippen LogP contribution in [0.3, 0.4) is 0 Å². The van der Waals surface area contributed by atoms with Crippen molar-refractivity contribution in [1.29, 1.82) is 5.26 Å². The standard InChI is InChI=1S/C26H36N4O4Si/c1-7-32-25(31)22-13-24(33-18-20-12-19(14-27)15-28-16-20)21-8-9-30(17-23(21)29-22)10-11-34-35(5,6)26(2,3)4/h12-13,15-16H,7-11,17-18H2,1-6H3. The molecule has 1 aliphatic rings. The van der Waals surface area contributed by atoms with E-state index in [-0.39, 0.29) is 23.9 Å². The van der Waals surface area contributed by atoms with Crippen LogP contribution in [0.1, 0.15) is 60.6 Å². The van der Waals surface area contributed by atoms with Gasteiger partial charge in [-0.25, -0.2) is 9.78 Å². The van der Waals surface area contributed by atoms with Gasteiger partial charge in [-0.2, -0.15) is 5.26 Å². The third-order valence-electron chi connectivity index (χ3n) is 6.70. The lowest BCUT2D eigenvalue weighted by molar-refractivity contribution is 0.0517. The highest BCUT2D eigenvalue weighted by molar-refractivity contribution is 6.74. The summed E-state index contributed by atoms with van der Waals surface area (Å²) in [5, 5.41) is 9.29. The molecule has 3 heterocycles. The molecule has 0 bridgehead atoms. The van der Waals surface area contributed by atoms with Crippen LogP contribution in [0.5, 0.6) is 5.75 Å². The zero-order valence-corrected chi connectivity index (χ0v) is 22.7. The van der Waals surface area contributed by atoms with Crippen LogP contribution in [-0.2, 0) is 28.7 Å². The Morgan fingerprint density at radius 3 is 2.71 bits per heavy atom. The van der Waals surface area contributed by atoms with Crippen molar-refractivity contribution in [2.45, 2.75) is 65.4 Å². The number of carbonyl (C=O) groups excluding carboxylic acids is 1. The molecule has 35 heavy (non-hydrogen) atoms. The van der Waals surface area contributed by atoms with Gasteiger partial charge in [-0.15, -0.1) is 0 Å². The minimum Gasteiger partial charge on any atom is -0.488 e. The van der Waals surface area contributed by atoms with Crippen molar-refractivity contribution in [2.75, 3.05) is 26.3 Å². The van der Waals surface area contributed by atoms with Crippen LogP contribution in [0.2, 0.25) is 18.1 Å². The predicted molar refractivity (Wildman–Crippen MR) is 136 cm³/mol. The summed E-state index contributed by atoms with van der Waals surface area (Å²) in [5.74, 6) is 0.157. The van der Waals surface area contributed by atoms with Gasteiger partial charge in [0, 0.05) is 55.8 Å². The second-order valence-corrected chi connectivity index (χ2v) is 15.1. The number of pyridine rings is 2. The molecule has 0 fully saturated rings. The van der Waals surface area contributed by atoms with Gasteiger partial charge in [-0.05, 0) is 37.5 Å². The molecule has 9 heteroatoms. The average molecular weight is 497 g/mol. The van der Waals surface area contributed by atoms with E-state index in [0.717, 1.165) is 36.3 Å². The summed E-state index contributed by atoms with van der Waals surface area (Å²) in [6, 6.07) is 5.50. The molecule has 2 aromatic rings. The molecule has 0 saturated heterocycles. The molecule has 2 aromatic heterocycles. The van der Waals surface area contributed by atoms with Crippen molar-refractivity contribution in [2.24, 2.45) is 0 Å². The molecular weight excluding hydrogens is 460 g/mol. The molecule has 0 spiro atoms. The zero-order chi connectivity index (χ0) is 25.6. The van der Waals surface area contributed by atoms with Crippen molar-refractivity contribution in [1.82, 2.24) is 14.9 Å². The number of nitrogens with zero attached hydrogens (tertiary/aromatic N) is 4. The summed E-state index contributed by atoms with van der Waals surface area (Å²) < 4.78 is 17.7. The van der Waals surface area contributed by atoms with Gasteiger partial charge in [-0.1, -0.05) is 20.8 Å². The van der Waals surface area contributed by atoms with E-state index in [4.69, 9.17) is 19.2 Å². The first kappa shape index (κ1) is 26.8. The lowest BCUT2D eigenvalue weighted by Gasteiger charge is -2.37. The van der Waals surface area contributed by atoms with Gasteiger partial charge in [0.05, 0.1) is 17.9 Å². The van der Waals surface area contributed by atoms with E-state index >= 15 is 0 Å². The molecule has 0 atom stereocenters. The normalized spacial score (nSPS) is 14.2. The van der Waals surface area contributed by atoms with Crippen LogP contribution in [0.15, 0.2) is 24.5 Å². The number of aromatic nitrogens is 2. The smallest absolute Gasteiger partial charge is 0.357 e. The number of rotatable bonds is 9. The number of hydrogen-bond donors (Lipinski definition) is 0. The Morgan fingerprint density at radius 2 is 2.03 bits per heavy atom. The Balaban J connectivity index is 1.76. The van der Waals surface area contributed by atoms with Gasteiger partial charge in [0.25, 0.3) is 0 Å². The Bertz CT molecular complexity index is 1090. The van der Waals surface area contributed by atoms with Crippen LogP contribution < -0.4 is 4.74 Å². The van der Waals surface area contributed by atoms with Crippen molar-refractivity contribution >= 4 is 14.3 Å². The molecular formula is C26H36N4O4Si. The average Bonchev–Trinajstić information content (AvgIpc) is 2.81. The summed E-state index contributed by atoms with van der Waals surface area (Å²) in [7, 11) is -1.80. The second kappa shape index (κ2) is 11.3. The number of nitriles is 1. The second-order valence-electron chi connectivity index (χ2n) is 10.3. The Morgan fingerprint density at radius 1 is 1.26 bits per heavy atom. The fraction of sp³-hybridized carbons (Fsp3) is 0.538. The van der Waals surface area contributed by atoms with E-state index in [1.807, 2.05) is 0 Å². The van der Waals surface area contributed by atoms with Crippen LogP contribution in [0, 0.1) is 11.3 Å². The highest BCUT2D eigenvalue weighted by atomic mass is 28.4. The summed E-state index contributed by atoms with van der Waals surface area (Å²) >= 11 is 0. The first-order chi connectivity index (χ1) is 16.5. The molecule has 0 unspecified atom stereocenters. The fourth-order valence-electron chi connectivity index (χ4n) is 3.62. The maximum atomic E-state index is 12.5. The molecule has 0 saturated carbocycles. The molecule has 0 N–H and O–H groups in total. The predicted octanol–water partition coefficient (Wildman–Crippen LogP) is 4.48. The highest BCUT2D eigenvalue weighted by Gasteiger charge is 2.37. The number of esters is 1. The van der Waals surface area contributed by atoms with Crippen molar-refractivity contribution in [3.63, 3.8) is 0 Å². The number of hydrogen-bond acceptors (Lipinski definition) is 8. The highest BCUT2D eigenvalue weighted by Crippen LogP contribution is 2.36. The van der Waals surface area contributed by atoms with E-state index < -0.39 is 14.3 Å². The van der Waals surface area contributed by atoms with Crippen LogP contribution >= 0.6 is 0 Å². The maximum absolute atomic E-state index is 12.5. The van der Waals surface area contributed by atoms with Gasteiger partial charge in [0.15, 0.2) is 14.0 Å². The monoisotopic (exact) mass is 496 g/mol. The minimum atomic E-state index is -1.80. The van der Waals surface area contributed by atoms with E-state index in [1.54, 1.807) is 25.3 Å². The first-order valence-electron chi connectivity index (χ1n) is 12.1. The Hall–Kier alpha value is -2.80. The molecule has 8 nitrogen and oxygen atoms in total. The van der Waals surface area contributed by atoms with Crippen molar-refractivity contribution in [3.05, 3.63) is 52.6 Å². The number of fused-ring (bicyclic) bond motifs is 1. The molecule has 0 amide bonds. The summed E-state index contributed by atoms with van der Waals surface area (Å²) in [6.45, 7) is 16.5. The third-order valence-corrected chi connectivity index (χ3v) is 11.2. The van der Waals surface area contributed by atoms with Gasteiger partial charge < -0.3 is 13.9 Å². The van der Waals surface area contributed by atoms with Crippen LogP contribution in [0.4, 0.5) is 0 Å². The minimum absolute atomic E-state index is 0.173. The van der Waals surface area contributed by atoms with E-state index in [0.29, 0.717) is 24.5 Å². The molecule has 0 aliphatic carbocycles. The number of carbonyl (C=O) groups is 1. The lowest BCUT2D eigenvalue weighted by atomic mass is 10.0. The van der Waals surface area contributed by atoms with Crippen molar-refractivity contribution < 1.29 is 18.7 Å². The molecule has 0 aromatic carbocycles. The van der Waals surface area contributed by atoms with Gasteiger partial charge in [-0.3, -0.25) is 9.88 Å². The van der Waals surface area contributed by atoms with Crippen LogP contribution in [-0.4, -0.2) is 55.5 Å². The largest absolute Gasteiger partial charge is 0.488 e. The zero-order valence-electron chi connectivity index (χ0n) is 21.7. The van der Waals surface area contributed by atoms with E-state index in [9.17, 15) is 4.79 Å². The fourth-order valence-corrected chi connectivity index (χ4v) is 4.66. The summed E-state index contributed by atoms with van der Waals surface area (Å²) in [5.41, 5.74) is 3.33. The Labute approximate surface area is 209 Å². The molecule has 0 radical (unpaired) electrons. The van der Waals surface area contributed by atoms with E-state index in [1.165, 1.54) is 6.20 Å². The summed E-state index contributed by atoms with van der Waals surface area (Å²) in [4.78, 5) is 23.5. The molecule has 188 valence electrons. The SMILES string of the molecule is CCOC(=O)c1cc(OCc2cncc(C#N)c2)c2c(n1)CN(CCO[Si](C)(C)C(C)(C)C)CC2. The van der Waals surface area contributed by atoms with Gasteiger partial charge in [0.2, 0.25) is 0 Å². The van der Waals surface area contributed by atoms with Crippen LogP contribution in [0.25, 0.3) is 0 Å². The van der Waals surface area contributed by atoms with Crippen molar-refractivity contribution in [3.8, 4) is 11.8 Å². The quantitative estimate of drug-likeness (QED) is 0.370. The topological polar surface area (TPSA) is 97.6 Å². The maximum Gasteiger partial charge on any atom is 0.357 e. The van der Waals surface area contributed by atoms with Gasteiger partial charge >= 0.3 is 5.97 Å². The third kappa shape index (κ3) is 6.87. The summed E-state index contributed by atoms with van der Waals surface area (Å²) in [6.07, 6.45) is 3.95. The molecule has 1 aliphatic heterocycles. The lowest BCUT2D eigenvalue weighted by Crippen LogP contribution is -2.43. The van der Waals surface area contributed by atoms with Gasteiger partial charge in [0.1, 0.15) is 18.4 Å². The number of ether oxygens (including phenoxy) is 2. The Kier molecular flexibility index (Phi) is 8.64. The first-order valence-corrected chi connectivity index (χ1v) is 15.0. The van der Waals surface area contributed by atoms with E-state index in [2.05, 4.69) is 54.8 Å². The molecule has 3 rings (SSSR count).